The van der Waals surface area contributed by atoms with E-state index in [1.807, 2.05) is 26.2 Å². The number of allylic oxidation sites excluding steroid dienone is 4. The predicted molar refractivity (Wildman–Crippen MR) is 127 cm³/mol. The van der Waals surface area contributed by atoms with Gasteiger partial charge in [0.15, 0.2) is 11.3 Å². The second-order valence-corrected chi connectivity index (χ2v) is 8.21. The quantitative estimate of drug-likeness (QED) is 0.595. The zero-order chi connectivity index (χ0) is 20.4. The Morgan fingerprint density at radius 3 is 2.55 bits per heavy atom. The molecular weight excluding hydrogens is 451 g/mol. The lowest BCUT2D eigenvalue weighted by Crippen LogP contribution is -3.00. The van der Waals surface area contributed by atoms with Gasteiger partial charge in [0, 0.05) is 18.6 Å². The highest BCUT2D eigenvalue weighted by molar-refractivity contribution is 6.30. The first-order valence-electron chi connectivity index (χ1n) is 9.94. The third-order valence-corrected chi connectivity index (χ3v) is 5.68. The average molecular weight is 478 g/mol. The summed E-state index contributed by atoms with van der Waals surface area (Å²) in [4.78, 5) is 4.32. The summed E-state index contributed by atoms with van der Waals surface area (Å²) in [6, 6.07) is 16.8. The summed E-state index contributed by atoms with van der Waals surface area (Å²) >= 11 is 6.33. The van der Waals surface area contributed by atoms with Crippen LogP contribution in [0.5, 0.6) is 0 Å². The summed E-state index contributed by atoms with van der Waals surface area (Å²) in [5, 5.41) is 0.755. The van der Waals surface area contributed by atoms with Crippen molar-refractivity contribution in [3.8, 4) is 0 Å². The molecule has 2 aromatic rings. The molecule has 1 atom stereocenters. The van der Waals surface area contributed by atoms with Crippen molar-refractivity contribution in [2.75, 3.05) is 39.2 Å². The Morgan fingerprint density at radius 2 is 1.84 bits per heavy atom. The van der Waals surface area contributed by atoms with E-state index in [0.29, 0.717) is 6.61 Å². The van der Waals surface area contributed by atoms with Crippen LogP contribution in [-0.4, -0.2) is 39.2 Å². The number of benzene rings is 2. The van der Waals surface area contributed by atoms with E-state index in [0.717, 1.165) is 35.1 Å². The fourth-order valence-corrected chi connectivity index (χ4v) is 4.08. The molecule has 0 fully saturated rings. The summed E-state index contributed by atoms with van der Waals surface area (Å²) in [6.07, 6.45) is 8.64. The molecule has 1 aliphatic heterocycles. The topological polar surface area (TPSA) is 15.7 Å². The highest BCUT2D eigenvalue weighted by Gasteiger charge is 2.37. The van der Waals surface area contributed by atoms with Crippen LogP contribution in [0.25, 0.3) is 0 Å². The molecule has 0 radical (unpaired) electrons. The van der Waals surface area contributed by atoms with Gasteiger partial charge in [-0.05, 0) is 43.8 Å². The number of rotatable bonds is 6. The van der Waals surface area contributed by atoms with Crippen LogP contribution in [0.2, 0.25) is 5.02 Å². The zero-order valence-corrected chi connectivity index (χ0v) is 20.3. The molecular formula is C25H27Cl3N2O. The summed E-state index contributed by atoms with van der Waals surface area (Å²) in [7, 11) is 6.19. The largest absolute Gasteiger partial charge is 1.00 e. The Kier molecular flexibility index (Phi) is 9.00. The number of nitrogens with zero attached hydrogens (tertiary/aromatic N) is 2. The van der Waals surface area contributed by atoms with E-state index < -0.39 is 0 Å². The van der Waals surface area contributed by atoms with E-state index in [4.69, 9.17) is 16.3 Å². The summed E-state index contributed by atoms with van der Waals surface area (Å²) in [5.74, 6) is 1.00. The van der Waals surface area contributed by atoms with Crippen molar-refractivity contribution in [3.63, 3.8) is 0 Å². The molecule has 0 N–H and O–H groups in total. The standard InChI is InChI=1S/C25H26ClN2O.2ClH/c1-27(2)13-14-29-20-10-12-24-23(17-20)22(15-18-7-5-4-6-8-18)21-11-9-19(26)16-25(21)28(24)3;;/h4-12,16,22H,13-15H2,1-3H3;2*1H/q+1;;/p-1. The van der Waals surface area contributed by atoms with E-state index in [1.165, 1.54) is 16.7 Å². The molecule has 1 unspecified atom stereocenters. The molecule has 0 saturated heterocycles. The molecule has 2 aliphatic rings. The van der Waals surface area contributed by atoms with Gasteiger partial charge in [0.2, 0.25) is 0 Å². The summed E-state index contributed by atoms with van der Waals surface area (Å²) < 4.78 is 5.99. The first-order valence-corrected chi connectivity index (χ1v) is 10.3. The number of ether oxygens (including phenoxy) is 1. The Hall–Kier alpha value is -2.00. The number of fused-ring (bicyclic) bond motifs is 1. The minimum atomic E-state index is 0. The summed E-state index contributed by atoms with van der Waals surface area (Å²) in [5.41, 5.74) is 6.06. The van der Waals surface area contributed by atoms with Crippen molar-refractivity contribution in [1.82, 2.24) is 4.90 Å². The van der Waals surface area contributed by atoms with E-state index in [9.17, 15) is 0 Å². The first kappa shape index (κ1) is 25.3. The first-order chi connectivity index (χ1) is 14.0. The molecule has 4 rings (SSSR count). The lowest BCUT2D eigenvalue weighted by molar-refractivity contribution is -0.00000675. The number of halogens is 3. The van der Waals surface area contributed by atoms with Crippen molar-refractivity contribution >= 4 is 29.7 Å². The third-order valence-electron chi connectivity index (χ3n) is 5.44. The zero-order valence-electron chi connectivity index (χ0n) is 17.9. The van der Waals surface area contributed by atoms with Gasteiger partial charge in [-0.15, -0.1) is 12.4 Å². The highest BCUT2D eigenvalue weighted by atomic mass is 35.5. The van der Waals surface area contributed by atoms with Crippen LogP contribution in [0.3, 0.4) is 0 Å². The van der Waals surface area contributed by atoms with E-state index in [1.54, 1.807) is 0 Å². The van der Waals surface area contributed by atoms with Crippen molar-refractivity contribution in [3.05, 3.63) is 99.9 Å². The second kappa shape index (κ2) is 11.0. The fraction of sp³-hybridized carbons (Fsp3) is 0.280. The van der Waals surface area contributed by atoms with E-state index in [-0.39, 0.29) is 30.7 Å². The predicted octanol–water partition coefficient (Wildman–Crippen LogP) is 2.63. The fourth-order valence-electron chi connectivity index (χ4n) is 3.91. The van der Waals surface area contributed by atoms with Crippen molar-refractivity contribution in [2.24, 2.45) is 0 Å². The molecule has 1 aliphatic carbocycles. The molecule has 0 saturated carbocycles. The van der Waals surface area contributed by atoms with Gasteiger partial charge >= 0.3 is 0 Å². The normalized spacial score (nSPS) is 16.5. The van der Waals surface area contributed by atoms with Crippen LogP contribution < -0.4 is 17.3 Å². The van der Waals surface area contributed by atoms with Gasteiger partial charge in [-0.1, -0.05) is 48.0 Å². The molecule has 0 spiro atoms. The Labute approximate surface area is 202 Å². The van der Waals surface area contributed by atoms with Crippen LogP contribution >= 0.6 is 24.0 Å². The number of hydrogen-bond donors (Lipinski definition) is 0. The Bertz CT molecular complexity index is 984. The van der Waals surface area contributed by atoms with Gasteiger partial charge in [0.1, 0.15) is 6.61 Å². The maximum absolute atomic E-state index is 6.33. The number of hydrogen-bond acceptors (Lipinski definition) is 3. The molecule has 31 heavy (non-hydrogen) atoms. The minimum absolute atomic E-state index is 0. The monoisotopic (exact) mass is 476 g/mol. The lowest BCUT2D eigenvalue weighted by atomic mass is 9.79. The van der Waals surface area contributed by atoms with E-state index >= 15 is 0 Å². The van der Waals surface area contributed by atoms with Crippen LogP contribution in [-0.2, 0) is 11.2 Å². The number of anilines is 1. The molecule has 2 aromatic carbocycles. The van der Waals surface area contributed by atoms with Crippen molar-refractivity contribution in [1.29, 1.82) is 0 Å². The van der Waals surface area contributed by atoms with Crippen LogP contribution in [0.1, 0.15) is 17.0 Å². The molecule has 3 nitrogen and oxygen atoms in total. The van der Waals surface area contributed by atoms with E-state index in [2.05, 4.69) is 71.5 Å². The Balaban J connectivity index is 0.00000171. The van der Waals surface area contributed by atoms with Gasteiger partial charge in [-0.2, -0.15) is 0 Å². The smallest absolute Gasteiger partial charge is 0.289 e. The van der Waals surface area contributed by atoms with Gasteiger partial charge in [-0.25, -0.2) is 0 Å². The Morgan fingerprint density at radius 1 is 1.10 bits per heavy atom. The molecule has 6 heteroatoms. The molecule has 0 bridgehead atoms. The molecule has 1 heterocycles. The maximum atomic E-state index is 6.33. The van der Waals surface area contributed by atoms with Crippen molar-refractivity contribution < 1.29 is 17.1 Å². The lowest BCUT2D eigenvalue weighted by Gasteiger charge is -2.31. The van der Waals surface area contributed by atoms with Gasteiger partial charge in [-0.3, -0.25) is 4.90 Å². The van der Waals surface area contributed by atoms with Crippen LogP contribution in [0, 0.1) is 6.08 Å². The molecule has 0 aromatic heterocycles. The van der Waals surface area contributed by atoms with Crippen LogP contribution in [0.4, 0.5) is 5.69 Å². The minimum Gasteiger partial charge on any atom is -1.00 e. The third kappa shape index (κ3) is 5.63. The van der Waals surface area contributed by atoms with Gasteiger partial charge in [0.05, 0.1) is 29.8 Å². The van der Waals surface area contributed by atoms with Crippen molar-refractivity contribution in [2.45, 2.75) is 12.3 Å². The summed E-state index contributed by atoms with van der Waals surface area (Å²) in [6.45, 7) is 1.52. The maximum Gasteiger partial charge on any atom is 0.289 e. The van der Waals surface area contributed by atoms with Gasteiger partial charge < -0.3 is 22.0 Å². The highest BCUT2D eigenvalue weighted by Crippen LogP contribution is 2.45. The second-order valence-electron chi connectivity index (χ2n) is 7.78. The van der Waals surface area contributed by atoms with Crippen LogP contribution in [0.15, 0.2) is 77.7 Å². The average Bonchev–Trinajstić information content (AvgIpc) is 2.71. The molecule has 0 amide bonds. The molecule has 164 valence electrons. The van der Waals surface area contributed by atoms with Gasteiger partial charge in [0.25, 0.3) is 5.76 Å². The SMILES string of the molecule is CN(C)CCOC1=[C+]C2=C(C=C1)N(C)c1cc(Cl)ccc1C2Cc1ccccc1.Cl.[Cl-]. The number of likely N-dealkylation sites (N-methyl/N-ethyl adjacent to an activating group) is 2.